The Morgan fingerprint density at radius 2 is 1.59 bits per heavy atom. The van der Waals surface area contributed by atoms with Gasteiger partial charge in [-0.1, -0.05) is 54.6 Å². The van der Waals surface area contributed by atoms with Gasteiger partial charge in [-0.25, -0.2) is 4.39 Å². The number of halogens is 1. The summed E-state index contributed by atoms with van der Waals surface area (Å²) in [6.07, 6.45) is -0.438. The topological polar surface area (TPSA) is 73.2 Å². The third-order valence-electron chi connectivity index (χ3n) is 6.62. The molecule has 0 bridgehead atoms. The van der Waals surface area contributed by atoms with Crippen LogP contribution in [-0.2, 0) is 4.74 Å². The Hall–Kier alpha value is -3.94. The molecule has 0 radical (unpaired) electrons. The molecular weight excluding hydrogens is 489 g/mol. The van der Waals surface area contributed by atoms with E-state index in [0.717, 1.165) is 16.8 Å². The van der Waals surface area contributed by atoms with E-state index in [1.807, 2.05) is 53.4 Å². The first-order valence-corrected chi connectivity index (χ1v) is 12.4. The highest BCUT2D eigenvalue weighted by atomic mass is 32.1. The van der Waals surface area contributed by atoms with Gasteiger partial charge < -0.3 is 20.1 Å². The summed E-state index contributed by atoms with van der Waals surface area (Å²) in [7, 11) is 0. The molecule has 0 spiro atoms. The van der Waals surface area contributed by atoms with E-state index in [2.05, 4.69) is 0 Å². The van der Waals surface area contributed by atoms with E-state index < -0.39 is 18.2 Å². The van der Waals surface area contributed by atoms with Crippen molar-refractivity contribution in [3.63, 3.8) is 0 Å². The minimum absolute atomic E-state index is 0.0733. The molecule has 3 atom stereocenters. The number of aliphatic hydroxyl groups is 1. The normalized spacial score (nSPS) is 18.0. The summed E-state index contributed by atoms with van der Waals surface area (Å²) in [5, 5.41) is 32.0. The molecule has 0 unspecified atom stereocenters. The number of aromatic hydroxyl groups is 2. The SMILES string of the molecule is Oc1cccc(-c2ccc([C@@H]3[C@@H](CC[C@H](O)c4ccc(F)cc4)OC(=S)N3c3ccccc3)c(O)c2)c1. The van der Waals surface area contributed by atoms with E-state index in [1.165, 1.54) is 12.1 Å². The van der Waals surface area contributed by atoms with Crippen molar-refractivity contribution in [2.24, 2.45) is 0 Å². The summed E-state index contributed by atoms with van der Waals surface area (Å²) in [6.45, 7) is 0. The number of hydrogen-bond acceptors (Lipinski definition) is 5. The number of phenols is 2. The van der Waals surface area contributed by atoms with E-state index in [9.17, 15) is 19.7 Å². The smallest absolute Gasteiger partial charge is 0.264 e. The second-order valence-corrected chi connectivity index (χ2v) is 9.39. The van der Waals surface area contributed by atoms with E-state index in [1.54, 1.807) is 36.4 Å². The van der Waals surface area contributed by atoms with Crippen molar-refractivity contribution in [1.82, 2.24) is 0 Å². The molecule has 5 nitrogen and oxygen atoms in total. The predicted molar refractivity (Wildman–Crippen MR) is 145 cm³/mol. The summed E-state index contributed by atoms with van der Waals surface area (Å²) >= 11 is 5.61. The van der Waals surface area contributed by atoms with E-state index in [4.69, 9.17) is 17.0 Å². The van der Waals surface area contributed by atoms with Crippen molar-refractivity contribution in [3.8, 4) is 22.6 Å². The lowest BCUT2D eigenvalue weighted by Crippen LogP contribution is -2.29. The molecular formula is C30H26FNO4S. The van der Waals surface area contributed by atoms with Crippen molar-refractivity contribution in [2.45, 2.75) is 31.1 Å². The average molecular weight is 516 g/mol. The van der Waals surface area contributed by atoms with Crippen LogP contribution in [0.15, 0.2) is 97.1 Å². The molecule has 7 heteroatoms. The van der Waals surface area contributed by atoms with Crippen LogP contribution < -0.4 is 4.90 Å². The monoisotopic (exact) mass is 515 g/mol. The van der Waals surface area contributed by atoms with Gasteiger partial charge in [0.2, 0.25) is 0 Å². The first-order valence-electron chi connectivity index (χ1n) is 12.0. The molecule has 37 heavy (non-hydrogen) atoms. The maximum absolute atomic E-state index is 13.3. The van der Waals surface area contributed by atoms with Crippen LogP contribution in [0.25, 0.3) is 11.1 Å². The predicted octanol–water partition coefficient (Wildman–Crippen LogP) is 6.65. The molecule has 3 N–H and O–H groups in total. The number of aliphatic hydroxyl groups excluding tert-OH is 1. The minimum atomic E-state index is -0.800. The standard InChI is InChI=1S/C30H26FNO4S/c31-22-12-9-19(10-13-22)26(34)15-16-28-29(32(30(37)36-28)23-6-2-1-3-7-23)25-14-11-21(18-27(25)35)20-5-4-8-24(33)17-20/h1-14,17-18,26,28-29,33-35H,15-16H2/t26-,28+,29+/m0/s1. The number of hydrogen-bond donors (Lipinski definition) is 3. The van der Waals surface area contributed by atoms with Crippen molar-refractivity contribution in [3.05, 3.63) is 114 Å². The maximum atomic E-state index is 13.3. The number of phenolic OH excluding ortho intramolecular Hbond substituents is 2. The summed E-state index contributed by atoms with van der Waals surface area (Å²) in [6, 6.07) is 27.2. The lowest BCUT2D eigenvalue weighted by atomic mass is 9.92. The van der Waals surface area contributed by atoms with Gasteiger partial charge in [0.25, 0.3) is 5.17 Å². The second kappa shape index (κ2) is 10.6. The highest BCUT2D eigenvalue weighted by Crippen LogP contribution is 2.44. The van der Waals surface area contributed by atoms with E-state index >= 15 is 0 Å². The second-order valence-electron chi connectivity index (χ2n) is 9.04. The van der Waals surface area contributed by atoms with Crippen molar-refractivity contribution < 1.29 is 24.4 Å². The molecule has 0 saturated carbocycles. The van der Waals surface area contributed by atoms with Crippen LogP contribution in [0.3, 0.4) is 0 Å². The number of thiocarbonyl (C=S) groups is 1. The highest BCUT2D eigenvalue weighted by Gasteiger charge is 2.42. The van der Waals surface area contributed by atoms with Gasteiger partial charge in [0.15, 0.2) is 0 Å². The Labute approximate surface area is 220 Å². The molecule has 4 aromatic carbocycles. The van der Waals surface area contributed by atoms with Crippen molar-refractivity contribution >= 4 is 23.1 Å². The summed E-state index contributed by atoms with van der Waals surface area (Å²) in [5.41, 5.74) is 3.62. The summed E-state index contributed by atoms with van der Waals surface area (Å²) < 4.78 is 19.4. The molecule has 0 aliphatic carbocycles. The molecule has 5 rings (SSSR count). The Morgan fingerprint density at radius 1 is 0.865 bits per heavy atom. The summed E-state index contributed by atoms with van der Waals surface area (Å²) in [4.78, 5) is 1.88. The third-order valence-corrected chi connectivity index (χ3v) is 6.91. The largest absolute Gasteiger partial charge is 0.508 e. The zero-order chi connectivity index (χ0) is 25.9. The van der Waals surface area contributed by atoms with Crippen LogP contribution in [0, 0.1) is 5.82 Å². The Morgan fingerprint density at radius 3 is 2.30 bits per heavy atom. The van der Waals surface area contributed by atoms with Crippen LogP contribution in [0.4, 0.5) is 10.1 Å². The third kappa shape index (κ3) is 5.28. The van der Waals surface area contributed by atoms with Gasteiger partial charge in [-0.3, -0.25) is 4.90 Å². The molecule has 1 heterocycles. The molecule has 0 aromatic heterocycles. The first-order chi connectivity index (χ1) is 17.9. The van der Waals surface area contributed by atoms with Crippen LogP contribution in [-0.4, -0.2) is 26.6 Å². The fraction of sp³-hybridized carbons (Fsp3) is 0.167. The first kappa shape index (κ1) is 24.7. The van der Waals surface area contributed by atoms with Crippen LogP contribution >= 0.6 is 12.2 Å². The highest BCUT2D eigenvalue weighted by molar-refractivity contribution is 7.80. The lowest BCUT2D eigenvalue weighted by Gasteiger charge is -2.27. The molecule has 188 valence electrons. The quantitative estimate of drug-likeness (QED) is 0.239. The minimum Gasteiger partial charge on any atom is -0.508 e. The Bertz CT molecular complexity index is 1400. The number of rotatable bonds is 7. The van der Waals surface area contributed by atoms with Gasteiger partial charge in [0, 0.05) is 11.3 Å². The number of nitrogens with zero attached hydrogens (tertiary/aromatic N) is 1. The Kier molecular flexibility index (Phi) is 7.08. The molecule has 1 aliphatic heterocycles. The molecule has 1 saturated heterocycles. The van der Waals surface area contributed by atoms with Crippen LogP contribution in [0.2, 0.25) is 0 Å². The number of benzene rings is 4. The van der Waals surface area contributed by atoms with Crippen molar-refractivity contribution in [2.75, 3.05) is 4.90 Å². The van der Waals surface area contributed by atoms with Crippen LogP contribution in [0.5, 0.6) is 11.5 Å². The van der Waals surface area contributed by atoms with Gasteiger partial charge in [0.05, 0.1) is 6.10 Å². The zero-order valence-corrected chi connectivity index (χ0v) is 20.7. The number of para-hydroxylation sites is 1. The molecule has 1 aliphatic rings. The molecule has 0 amide bonds. The van der Waals surface area contributed by atoms with Crippen LogP contribution in [0.1, 0.15) is 36.1 Å². The Balaban J connectivity index is 1.46. The van der Waals surface area contributed by atoms with Gasteiger partial charge in [-0.15, -0.1) is 0 Å². The zero-order valence-electron chi connectivity index (χ0n) is 19.9. The van der Waals surface area contributed by atoms with E-state index in [-0.39, 0.29) is 22.5 Å². The van der Waals surface area contributed by atoms with Gasteiger partial charge in [-0.05, 0) is 84.2 Å². The number of anilines is 1. The molecule has 1 fully saturated rings. The average Bonchev–Trinajstić information content (AvgIpc) is 3.23. The fourth-order valence-electron chi connectivity index (χ4n) is 4.77. The summed E-state index contributed by atoms with van der Waals surface area (Å²) in [5.74, 6) is -0.140. The fourth-order valence-corrected chi connectivity index (χ4v) is 5.12. The lowest BCUT2D eigenvalue weighted by molar-refractivity contribution is 0.126. The van der Waals surface area contributed by atoms with Gasteiger partial charge in [0.1, 0.15) is 29.5 Å². The van der Waals surface area contributed by atoms with Gasteiger partial charge >= 0.3 is 0 Å². The van der Waals surface area contributed by atoms with Crippen molar-refractivity contribution in [1.29, 1.82) is 0 Å². The number of ether oxygens (including phenoxy) is 1. The van der Waals surface area contributed by atoms with E-state index in [0.29, 0.717) is 24.0 Å². The van der Waals surface area contributed by atoms with Gasteiger partial charge in [-0.2, -0.15) is 0 Å². The maximum Gasteiger partial charge on any atom is 0.264 e. The molecule has 4 aromatic rings.